The van der Waals surface area contributed by atoms with Gasteiger partial charge in [0.1, 0.15) is 5.75 Å². The first-order valence-electron chi connectivity index (χ1n) is 9.26. The van der Waals surface area contributed by atoms with Crippen LogP contribution in [-0.2, 0) is 23.9 Å². The zero-order valence-corrected chi connectivity index (χ0v) is 16.0. The molecule has 0 aromatic heterocycles. The number of ether oxygens (including phenoxy) is 3. The Kier molecular flexibility index (Phi) is 6.51. The van der Waals surface area contributed by atoms with Crippen LogP contribution in [0.5, 0.6) is 17.2 Å². The number of hydrogen-bond donors (Lipinski definition) is 1. The highest BCUT2D eigenvalue weighted by Gasteiger charge is 2.33. The number of methoxy groups -OCH3 is 1. The lowest BCUT2D eigenvalue weighted by atomic mass is 10.1. The molecule has 2 aromatic carbocycles. The highest BCUT2D eigenvalue weighted by Crippen LogP contribution is 2.34. The van der Waals surface area contributed by atoms with Crippen LogP contribution in [0, 0.1) is 0 Å². The van der Waals surface area contributed by atoms with E-state index in [1.807, 2.05) is 12.1 Å². The summed E-state index contributed by atoms with van der Waals surface area (Å²) in [5.74, 6) is 1.10. The summed E-state index contributed by atoms with van der Waals surface area (Å²) in [6.45, 7) is 0.958. The molecule has 5 nitrogen and oxygen atoms in total. The highest BCUT2D eigenvalue weighted by atomic mass is 19.4. The minimum atomic E-state index is -4.53. The smallest absolute Gasteiger partial charge is 0.416 e. The molecule has 156 valence electrons. The summed E-state index contributed by atoms with van der Waals surface area (Å²) >= 11 is 0. The van der Waals surface area contributed by atoms with Gasteiger partial charge >= 0.3 is 6.18 Å². The van der Waals surface area contributed by atoms with Gasteiger partial charge in [0.2, 0.25) is 5.91 Å². The van der Waals surface area contributed by atoms with Crippen LogP contribution in [0.3, 0.4) is 0 Å². The molecule has 0 spiro atoms. The summed E-state index contributed by atoms with van der Waals surface area (Å²) in [6, 6.07) is 9.17. The number of fused-ring (bicyclic) bond motifs is 1. The number of hydrogen-bond acceptors (Lipinski definition) is 4. The monoisotopic (exact) mass is 409 g/mol. The number of carbonyl (C=O) groups is 1. The first kappa shape index (κ1) is 20.8. The van der Waals surface area contributed by atoms with Crippen LogP contribution in [0.15, 0.2) is 36.4 Å². The van der Waals surface area contributed by atoms with Gasteiger partial charge in [-0.15, -0.1) is 0 Å². The standard InChI is InChI=1S/C21H22F3NO4/c1-27-16-6-5-15(17(12-16)21(22,23)24)13-25-20(26)8-4-14-3-7-18-19(11-14)29-10-2-9-28-18/h3,5-7,11-12H,2,4,8-10,13H2,1H3,(H,25,26). The Morgan fingerprint density at radius 2 is 1.86 bits per heavy atom. The molecule has 2 aromatic rings. The van der Waals surface area contributed by atoms with Crippen molar-refractivity contribution in [3.8, 4) is 17.2 Å². The van der Waals surface area contributed by atoms with E-state index in [4.69, 9.17) is 14.2 Å². The van der Waals surface area contributed by atoms with Gasteiger partial charge in [-0.1, -0.05) is 12.1 Å². The molecule has 0 saturated carbocycles. The van der Waals surface area contributed by atoms with Crippen LogP contribution in [0.25, 0.3) is 0 Å². The second-order valence-corrected chi connectivity index (χ2v) is 6.63. The van der Waals surface area contributed by atoms with E-state index in [1.54, 1.807) is 6.07 Å². The van der Waals surface area contributed by atoms with Crippen molar-refractivity contribution in [2.24, 2.45) is 0 Å². The summed E-state index contributed by atoms with van der Waals surface area (Å²) in [5, 5.41) is 2.56. The SMILES string of the molecule is COc1ccc(CNC(=O)CCc2ccc3c(c2)OCCCO3)c(C(F)(F)F)c1. The molecule has 0 unspecified atom stereocenters. The van der Waals surface area contributed by atoms with Crippen molar-refractivity contribution < 1.29 is 32.2 Å². The molecule has 1 aliphatic heterocycles. The molecule has 1 amide bonds. The Labute approximate surface area is 166 Å². The summed E-state index contributed by atoms with van der Waals surface area (Å²) < 4.78 is 55.8. The van der Waals surface area contributed by atoms with Crippen LogP contribution in [-0.4, -0.2) is 26.2 Å². The maximum atomic E-state index is 13.2. The number of amides is 1. The Bertz CT molecular complexity index is 867. The second kappa shape index (κ2) is 9.07. The fourth-order valence-corrected chi connectivity index (χ4v) is 3.00. The molecule has 1 heterocycles. The fourth-order valence-electron chi connectivity index (χ4n) is 3.00. The number of alkyl halides is 3. The molecular formula is C21H22F3NO4. The number of carbonyl (C=O) groups excluding carboxylic acids is 1. The van der Waals surface area contributed by atoms with E-state index in [9.17, 15) is 18.0 Å². The van der Waals surface area contributed by atoms with Crippen LogP contribution < -0.4 is 19.5 Å². The number of halogens is 3. The molecule has 0 atom stereocenters. The third-order valence-corrected chi connectivity index (χ3v) is 4.55. The topological polar surface area (TPSA) is 56.8 Å². The van der Waals surface area contributed by atoms with Crippen molar-refractivity contribution >= 4 is 5.91 Å². The van der Waals surface area contributed by atoms with E-state index < -0.39 is 11.7 Å². The zero-order valence-electron chi connectivity index (χ0n) is 16.0. The molecule has 29 heavy (non-hydrogen) atoms. The summed E-state index contributed by atoms with van der Waals surface area (Å²) in [7, 11) is 1.30. The van der Waals surface area contributed by atoms with E-state index in [2.05, 4.69) is 5.32 Å². The van der Waals surface area contributed by atoms with Gasteiger partial charge in [-0.3, -0.25) is 4.79 Å². The fraction of sp³-hybridized carbons (Fsp3) is 0.381. The van der Waals surface area contributed by atoms with E-state index >= 15 is 0 Å². The van der Waals surface area contributed by atoms with Gasteiger partial charge in [-0.05, 0) is 41.8 Å². The summed E-state index contributed by atoms with van der Waals surface area (Å²) in [6.07, 6.45) is -3.13. The largest absolute Gasteiger partial charge is 0.497 e. The maximum absolute atomic E-state index is 13.2. The van der Waals surface area contributed by atoms with Crippen molar-refractivity contribution in [2.75, 3.05) is 20.3 Å². The number of nitrogens with one attached hydrogen (secondary N) is 1. The lowest BCUT2D eigenvalue weighted by Crippen LogP contribution is -2.24. The van der Waals surface area contributed by atoms with Crippen LogP contribution >= 0.6 is 0 Å². The van der Waals surface area contributed by atoms with E-state index in [0.717, 1.165) is 18.1 Å². The molecule has 0 aliphatic carbocycles. The Morgan fingerprint density at radius 1 is 1.10 bits per heavy atom. The van der Waals surface area contributed by atoms with E-state index in [0.29, 0.717) is 31.1 Å². The quantitative estimate of drug-likeness (QED) is 0.780. The molecule has 1 aliphatic rings. The van der Waals surface area contributed by atoms with Crippen molar-refractivity contribution in [3.05, 3.63) is 53.1 Å². The normalized spacial score (nSPS) is 13.5. The number of benzene rings is 2. The molecule has 1 N–H and O–H groups in total. The van der Waals surface area contributed by atoms with Gasteiger partial charge in [-0.2, -0.15) is 13.2 Å². The van der Waals surface area contributed by atoms with E-state index in [-0.39, 0.29) is 30.2 Å². The lowest BCUT2D eigenvalue weighted by Gasteiger charge is -2.15. The maximum Gasteiger partial charge on any atom is 0.416 e. The molecule has 0 fully saturated rings. The predicted molar refractivity (Wildman–Crippen MR) is 100 cm³/mol. The number of aryl methyl sites for hydroxylation is 1. The van der Waals surface area contributed by atoms with Crippen molar-refractivity contribution in [1.29, 1.82) is 0 Å². The van der Waals surface area contributed by atoms with Crippen LogP contribution in [0.4, 0.5) is 13.2 Å². The van der Waals surface area contributed by atoms with Crippen LogP contribution in [0.2, 0.25) is 0 Å². The molecule has 3 rings (SSSR count). The van der Waals surface area contributed by atoms with Gasteiger partial charge in [0.05, 0.1) is 25.9 Å². The Balaban J connectivity index is 1.57. The van der Waals surface area contributed by atoms with Crippen molar-refractivity contribution in [1.82, 2.24) is 5.32 Å². The minimum Gasteiger partial charge on any atom is -0.497 e. The second-order valence-electron chi connectivity index (χ2n) is 6.63. The average Bonchev–Trinajstić information content (AvgIpc) is 2.94. The van der Waals surface area contributed by atoms with Crippen molar-refractivity contribution in [3.63, 3.8) is 0 Å². The molecule has 0 radical (unpaired) electrons. The third kappa shape index (κ3) is 5.56. The lowest BCUT2D eigenvalue weighted by molar-refractivity contribution is -0.138. The summed E-state index contributed by atoms with van der Waals surface area (Å²) in [5.41, 5.74) is 0.0621. The van der Waals surface area contributed by atoms with Crippen LogP contribution in [0.1, 0.15) is 29.5 Å². The van der Waals surface area contributed by atoms with E-state index in [1.165, 1.54) is 19.2 Å². The van der Waals surface area contributed by atoms with Crippen molar-refractivity contribution in [2.45, 2.75) is 32.0 Å². The average molecular weight is 409 g/mol. The molecular weight excluding hydrogens is 387 g/mol. The molecule has 0 saturated heterocycles. The van der Waals surface area contributed by atoms with Gasteiger partial charge in [0.25, 0.3) is 0 Å². The molecule has 8 heteroatoms. The predicted octanol–water partition coefficient (Wildman–Crippen LogP) is 4.12. The van der Waals surface area contributed by atoms with Gasteiger partial charge in [0, 0.05) is 19.4 Å². The Hall–Kier alpha value is -2.90. The van der Waals surface area contributed by atoms with Gasteiger partial charge in [-0.25, -0.2) is 0 Å². The zero-order chi connectivity index (χ0) is 20.9. The first-order chi connectivity index (χ1) is 13.9. The van der Waals surface area contributed by atoms with Gasteiger partial charge < -0.3 is 19.5 Å². The first-order valence-corrected chi connectivity index (χ1v) is 9.26. The van der Waals surface area contributed by atoms with Gasteiger partial charge in [0.15, 0.2) is 11.5 Å². The number of rotatable bonds is 6. The minimum absolute atomic E-state index is 0.0118. The highest BCUT2D eigenvalue weighted by molar-refractivity contribution is 5.76. The third-order valence-electron chi connectivity index (χ3n) is 4.55. The summed E-state index contributed by atoms with van der Waals surface area (Å²) in [4.78, 5) is 12.1. The molecule has 0 bridgehead atoms. The Morgan fingerprint density at radius 3 is 2.59 bits per heavy atom.